The van der Waals surface area contributed by atoms with Crippen molar-refractivity contribution < 1.29 is 14.3 Å². The van der Waals surface area contributed by atoms with E-state index in [4.69, 9.17) is 4.74 Å². The lowest BCUT2D eigenvalue weighted by Gasteiger charge is -2.08. The minimum absolute atomic E-state index is 0.189. The number of aryl methyl sites for hydroxylation is 1. The molecule has 0 aliphatic heterocycles. The van der Waals surface area contributed by atoms with Gasteiger partial charge >= 0.3 is 5.97 Å². The fraction of sp³-hybridized carbons (Fsp3) is 0.190. The molecule has 9 heteroatoms. The number of methoxy groups -OCH3 is 1. The number of ether oxygens (including phenoxy) is 1. The van der Waals surface area contributed by atoms with Crippen molar-refractivity contribution in [1.82, 2.24) is 14.5 Å². The maximum absolute atomic E-state index is 12.9. The molecule has 0 spiro atoms. The Bertz CT molecular complexity index is 1200. The third-order valence-electron chi connectivity index (χ3n) is 4.82. The number of hydrogen-bond donors (Lipinski definition) is 2. The summed E-state index contributed by atoms with van der Waals surface area (Å²) in [6.45, 7) is 4.71. The molecule has 154 valence electrons. The molecular weight excluding hydrogens is 420 g/mol. The number of thiazole rings is 1. The number of amides is 1. The number of carbonyl (C=O) groups excluding carboxylic acids is 2. The summed E-state index contributed by atoms with van der Waals surface area (Å²) in [5, 5.41) is 7.27. The molecule has 0 saturated heterocycles. The van der Waals surface area contributed by atoms with Crippen LogP contribution in [0.1, 0.15) is 37.1 Å². The molecule has 0 fully saturated rings. The van der Waals surface area contributed by atoms with Gasteiger partial charge in [-0.2, -0.15) is 0 Å². The molecule has 30 heavy (non-hydrogen) atoms. The van der Waals surface area contributed by atoms with Crippen LogP contribution >= 0.6 is 22.7 Å². The maximum Gasteiger partial charge on any atom is 0.354 e. The molecule has 0 unspecified atom stereocenters. The molecule has 1 amide bonds. The van der Waals surface area contributed by atoms with Gasteiger partial charge in [0.05, 0.1) is 24.9 Å². The van der Waals surface area contributed by atoms with Gasteiger partial charge in [-0.05, 0) is 37.4 Å². The molecule has 0 bridgehead atoms. The van der Waals surface area contributed by atoms with Gasteiger partial charge in [0.15, 0.2) is 5.13 Å². The van der Waals surface area contributed by atoms with E-state index in [1.54, 1.807) is 23.6 Å². The fourth-order valence-corrected chi connectivity index (χ4v) is 4.64. The summed E-state index contributed by atoms with van der Waals surface area (Å²) >= 11 is 3.03. The highest BCUT2D eigenvalue weighted by molar-refractivity contribution is 7.14. The predicted octanol–water partition coefficient (Wildman–Crippen LogP) is 4.71. The number of anilines is 1. The quantitative estimate of drug-likeness (QED) is 0.425. The molecule has 0 aromatic carbocycles. The first-order valence-electron chi connectivity index (χ1n) is 9.19. The summed E-state index contributed by atoms with van der Waals surface area (Å²) in [7, 11) is 1.33. The van der Waals surface area contributed by atoms with Crippen molar-refractivity contribution in [1.29, 1.82) is 0 Å². The Morgan fingerprint density at radius 2 is 2.10 bits per heavy atom. The number of H-pyrrole nitrogens is 1. The minimum Gasteiger partial charge on any atom is -0.464 e. The van der Waals surface area contributed by atoms with Crippen LogP contribution < -0.4 is 5.32 Å². The average Bonchev–Trinajstić information content (AvgIpc) is 3.52. The van der Waals surface area contributed by atoms with Gasteiger partial charge in [-0.1, -0.05) is 6.07 Å². The largest absolute Gasteiger partial charge is 0.464 e. The lowest BCUT2D eigenvalue weighted by molar-refractivity contribution is 0.0594. The molecule has 0 atom stereocenters. The van der Waals surface area contributed by atoms with E-state index in [2.05, 4.69) is 31.3 Å². The molecule has 7 nitrogen and oxygen atoms in total. The predicted molar refractivity (Wildman–Crippen MR) is 119 cm³/mol. The van der Waals surface area contributed by atoms with Crippen LogP contribution in [0.25, 0.3) is 11.3 Å². The van der Waals surface area contributed by atoms with Gasteiger partial charge < -0.3 is 14.3 Å². The zero-order valence-corrected chi connectivity index (χ0v) is 18.3. The second-order valence-electron chi connectivity index (χ2n) is 6.74. The van der Waals surface area contributed by atoms with E-state index in [1.807, 2.05) is 31.4 Å². The van der Waals surface area contributed by atoms with Crippen LogP contribution in [0, 0.1) is 13.8 Å². The van der Waals surface area contributed by atoms with Gasteiger partial charge in [0.2, 0.25) is 0 Å². The number of hydrogen-bond acceptors (Lipinski definition) is 6. The lowest BCUT2D eigenvalue weighted by atomic mass is 10.2. The first-order valence-corrected chi connectivity index (χ1v) is 10.9. The Hall–Kier alpha value is -3.17. The molecule has 4 rings (SSSR count). The van der Waals surface area contributed by atoms with E-state index in [0.717, 1.165) is 23.5 Å². The van der Waals surface area contributed by atoms with Crippen molar-refractivity contribution >= 4 is 39.7 Å². The highest BCUT2D eigenvalue weighted by Crippen LogP contribution is 2.27. The van der Waals surface area contributed by atoms with Crippen molar-refractivity contribution in [3.8, 4) is 11.3 Å². The number of thiophene rings is 1. The minimum atomic E-state index is -0.442. The van der Waals surface area contributed by atoms with Gasteiger partial charge in [-0.25, -0.2) is 9.78 Å². The number of aromatic amines is 1. The van der Waals surface area contributed by atoms with Gasteiger partial charge in [-0.3, -0.25) is 10.1 Å². The molecule has 2 N–H and O–H groups in total. The molecule has 0 aliphatic carbocycles. The average molecular weight is 441 g/mol. The van der Waals surface area contributed by atoms with Crippen LogP contribution in [-0.2, 0) is 11.3 Å². The van der Waals surface area contributed by atoms with Gasteiger partial charge in [0.25, 0.3) is 5.91 Å². The number of rotatable bonds is 6. The summed E-state index contributed by atoms with van der Waals surface area (Å²) in [5.74, 6) is -0.631. The Balaban J connectivity index is 1.50. The standard InChI is InChI=1S/C21H20N4O3S2/c1-12-7-16(13(2)25(12)10-15-5-4-6-29-15)19(26)24-21-23-18(11-30-21)14-8-17(22-9-14)20(27)28-3/h4-9,11,22H,10H2,1-3H3,(H,23,24,26). The normalized spacial score (nSPS) is 10.9. The van der Waals surface area contributed by atoms with E-state index < -0.39 is 5.97 Å². The lowest BCUT2D eigenvalue weighted by Crippen LogP contribution is -2.13. The van der Waals surface area contributed by atoms with Crippen LogP contribution in [0.5, 0.6) is 0 Å². The summed E-state index contributed by atoms with van der Waals surface area (Å²) in [6, 6.07) is 7.69. The smallest absolute Gasteiger partial charge is 0.354 e. The van der Waals surface area contributed by atoms with Crippen LogP contribution in [0.2, 0.25) is 0 Å². The fourth-order valence-electron chi connectivity index (χ4n) is 3.23. The molecular formula is C21H20N4O3S2. The number of nitrogens with zero attached hydrogens (tertiary/aromatic N) is 2. The Kier molecular flexibility index (Phi) is 5.56. The zero-order chi connectivity index (χ0) is 21.3. The van der Waals surface area contributed by atoms with Crippen molar-refractivity contribution in [3.63, 3.8) is 0 Å². The number of nitrogens with one attached hydrogen (secondary N) is 2. The van der Waals surface area contributed by atoms with E-state index >= 15 is 0 Å². The highest BCUT2D eigenvalue weighted by Gasteiger charge is 2.18. The third-order valence-corrected chi connectivity index (χ3v) is 6.44. The van der Waals surface area contributed by atoms with E-state index in [0.29, 0.717) is 22.1 Å². The second-order valence-corrected chi connectivity index (χ2v) is 8.63. The van der Waals surface area contributed by atoms with Gasteiger partial charge in [0.1, 0.15) is 5.69 Å². The zero-order valence-electron chi connectivity index (χ0n) is 16.7. The third kappa shape index (κ3) is 3.94. The summed E-state index contributed by atoms with van der Waals surface area (Å²) in [4.78, 5) is 33.0. The topological polar surface area (TPSA) is 89.0 Å². The monoisotopic (exact) mass is 440 g/mol. The van der Waals surface area contributed by atoms with Crippen molar-refractivity contribution in [3.05, 3.63) is 68.7 Å². The van der Waals surface area contributed by atoms with E-state index in [1.165, 1.54) is 23.3 Å². The summed E-state index contributed by atoms with van der Waals surface area (Å²) in [6.07, 6.45) is 1.69. The van der Waals surface area contributed by atoms with Crippen molar-refractivity contribution in [2.45, 2.75) is 20.4 Å². The highest BCUT2D eigenvalue weighted by atomic mass is 32.1. The van der Waals surface area contributed by atoms with Crippen LogP contribution in [0.3, 0.4) is 0 Å². The number of aromatic nitrogens is 3. The molecule has 4 heterocycles. The van der Waals surface area contributed by atoms with Crippen LogP contribution in [0.4, 0.5) is 5.13 Å². The van der Waals surface area contributed by atoms with Gasteiger partial charge in [-0.15, -0.1) is 22.7 Å². The first-order chi connectivity index (χ1) is 14.5. The van der Waals surface area contributed by atoms with E-state index in [9.17, 15) is 9.59 Å². The Morgan fingerprint density at radius 1 is 1.27 bits per heavy atom. The van der Waals surface area contributed by atoms with Crippen molar-refractivity contribution in [2.24, 2.45) is 0 Å². The number of carbonyl (C=O) groups is 2. The molecule has 4 aromatic rings. The molecule has 0 aliphatic rings. The maximum atomic E-state index is 12.9. The molecule has 0 radical (unpaired) electrons. The summed E-state index contributed by atoms with van der Waals surface area (Å²) in [5.41, 5.74) is 4.36. The molecule has 0 saturated carbocycles. The Labute approximate surface area is 181 Å². The van der Waals surface area contributed by atoms with E-state index in [-0.39, 0.29) is 5.91 Å². The Morgan fingerprint density at radius 3 is 2.83 bits per heavy atom. The first kappa shape index (κ1) is 20.1. The van der Waals surface area contributed by atoms with Gasteiger partial charge in [0, 0.05) is 33.4 Å². The van der Waals surface area contributed by atoms with Crippen LogP contribution in [0.15, 0.2) is 41.2 Å². The van der Waals surface area contributed by atoms with Crippen LogP contribution in [-0.4, -0.2) is 33.5 Å². The number of esters is 1. The summed E-state index contributed by atoms with van der Waals surface area (Å²) < 4.78 is 6.84. The van der Waals surface area contributed by atoms with Crippen molar-refractivity contribution in [2.75, 3.05) is 12.4 Å². The second kappa shape index (κ2) is 8.29. The SMILES string of the molecule is COC(=O)c1cc(-c2csc(NC(=O)c3cc(C)n(Cc4cccs4)c3C)n2)c[nH]1. The molecule has 4 aromatic heterocycles.